The molecule has 2 N–H and O–H groups in total. The van der Waals surface area contributed by atoms with E-state index in [9.17, 15) is 14.4 Å². The number of carbonyl (C=O) groups excluding carboxylic acids is 2. The van der Waals surface area contributed by atoms with Crippen molar-refractivity contribution in [3.05, 3.63) is 29.3 Å². The van der Waals surface area contributed by atoms with Crippen molar-refractivity contribution >= 4 is 46.2 Å². The van der Waals surface area contributed by atoms with Gasteiger partial charge in [0.1, 0.15) is 12.6 Å². The molecule has 1 aromatic rings. The van der Waals surface area contributed by atoms with Crippen LogP contribution >= 0.6 is 23.4 Å². The van der Waals surface area contributed by atoms with Crippen LogP contribution in [0.3, 0.4) is 0 Å². The average molecular weight is 315 g/mol. The van der Waals surface area contributed by atoms with Gasteiger partial charge in [0.15, 0.2) is 0 Å². The molecule has 8 heteroatoms. The molecule has 2 amide bonds. The number of rotatable bonds is 4. The first kappa shape index (κ1) is 14.7. The minimum Gasteiger partial charge on any atom is -0.480 e. The monoisotopic (exact) mass is 314 g/mol. The number of nitrogens with zero attached hydrogens (tertiary/aromatic N) is 1. The van der Waals surface area contributed by atoms with E-state index in [1.54, 1.807) is 18.2 Å². The molecule has 20 heavy (non-hydrogen) atoms. The van der Waals surface area contributed by atoms with E-state index in [2.05, 4.69) is 5.32 Å². The van der Waals surface area contributed by atoms with E-state index < -0.39 is 24.5 Å². The predicted molar refractivity (Wildman–Crippen MR) is 76.2 cm³/mol. The lowest BCUT2D eigenvalue weighted by molar-refractivity contribution is -0.136. The van der Waals surface area contributed by atoms with Gasteiger partial charge in [0.25, 0.3) is 11.1 Å². The number of carboxylic acids is 1. The number of halogens is 1. The van der Waals surface area contributed by atoms with E-state index in [0.29, 0.717) is 10.7 Å². The van der Waals surface area contributed by atoms with Gasteiger partial charge in [0.2, 0.25) is 0 Å². The topological polar surface area (TPSA) is 86.7 Å². The number of hydrogen-bond acceptors (Lipinski definition) is 4. The Morgan fingerprint density at radius 1 is 1.50 bits per heavy atom. The molecule has 0 saturated carbocycles. The molecule has 1 saturated heterocycles. The Balaban J connectivity index is 2.25. The zero-order chi connectivity index (χ0) is 14.7. The Bertz CT molecular complexity index is 566. The first-order valence-corrected chi connectivity index (χ1v) is 7.06. The van der Waals surface area contributed by atoms with Crippen LogP contribution in [0.4, 0.5) is 10.5 Å². The Hall–Kier alpha value is -1.73. The van der Waals surface area contributed by atoms with E-state index in [0.717, 1.165) is 16.7 Å². The summed E-state index contributed by atoms with van der Waals surface area (Å²) in [4.78, 5) is 35.5. The molecule has 1 aliphatic rings. The van der Waals surface area contributed by atoms with Crippen molar-refractivity contribution in [2.24, 2.45) is 0 Å². The summed E-state index contributed by atoms with van der Waals surface area (Å²) < 4.78 is 0. The minimum atomic E-state index is -1.14. The fraction of sp³-hybridized carbons (Fsp3) is 0.250. The number of thioether (sulfide) groups is 1. The van der Waals surface area contributed by atoms with Gasteiger partial charge in [-0.3, -0.25) is 19.3 Å². The maximum absolute atomic E-state index is 12.3. The van der Waals surface area contributed by atoms with Crippen LogP contribution in [0.5, 0.6) is 0 Å². The van der Waals surface area contributed by atoms with Gasteiger partial charge in [-0.2, -0.15) is 0 Å². The van der Waals surface area contributed by atoms with Crippen LogP contribution in [-0.4, -0.2) is 40.6 Å². The molecule has 0 spiro atoms. The zero-order valence-corrected chi connectivity index (χ0v) is 11.8. The number of anilines is 1. The van der Waals surface area contributed by atoms with E-state index in [1.165, 1.54) is 6.07 Å². The summed E-state index contributed by atoms with van der Waals surface area (Å²) in [7, 11) is 0. The molecule has 1 aromatic carbocycles. The summed E-state index contributed by atoms with van der Waals surface area (Å²) in [5.41, 5.74) is 0.385. The van der Waals surface area contributed by atoms with Crippen molar-refractivity contribution in [2.45, 2.75) is 6.04 Å². The molecule has 1 fully saturated rings. The minimum absolute atomic E-state index is 0.286. The lowest BCUT2D eigenvalue weighted by Crippen LogP contribution is -2.47. The fourth-order valence-electron chi connectivity index (χ4n) is 1.78. The van der Waals surface area contributed by atoms with Crippen molar-refractivity contribution in [1.29, 1.82) is 0 Å². The average Bonchev–Trinajstić information content (AvgIpc) is 2.81. The molecule has 1 heterocycles. The number of carbonyl (C=O) groups is 3. The standard InChI is InChI=1S/C12H11ClN2O4S/c13-7-2-1-3-8(4-7)15(5-10(16)17)11(18)9-6-20-12(19)14-9/h1-4,9H,5-6H2,(H,14,19)(H,16,17). The highest BCUT2D eigenvalue weighted by atomic mass is 35.5. The van der Waals surface area contributed by atoms with Crippen LogP contribution in [0.15, 0.2) is 24.3 Å². The highest BCUT2D eigenvalue weighted by molar-refractivity contribution is 8.14. The molecule has 0 radical (unpaired) electrons. The van der Waals surface area contributed by atoms with Crippen LogP contribution < -0.4 is 10.2 Å². The smallest absolute Gasteiger partial charge is 0.323 e. The molecule has 0 aliphatic carbocycles. The maximum atomic E-state index is 12.3. The summed E-state index contributed by atoms with van der Waals surface area (Å²) in [6.07, 6.45) is 0. The van der Waals surface area contributed by atoms with Gasteiger partial charge in [-0.1, -0.05) is 29.4 Å². The van der Waals surface area contributed by atoms with Gasteiger partial charge in [-0.25, -0.2) is 0 Å². The predicted octanol–water partition coefficient (Wildman–Crippen LogP) is 1.58. The molecule has 1 aliphatic heterocycles. The van der Waals surface area contributed by atoms with Crippen LogP contribution in [0.1, 0.15) is 0 Å². The number of amides is 2. The number of nitrogens with one attached hydrogen (secondary N) is 1. The highest BCUT2D eigenvalue weighted by Crippen LogP contribution is 2.22. The lowest BCUT2D eigenvalue weighted by Gasteiger charge is -2.23. The third-order valence-electron chi connectivity index (χ3n) is 2.65. The van der Waals surface area contributed by atoms with Crippen molar-refractivity contribution in [3.8, 4) is 0 Å². The van der Waals surface area contributed by atoms with Crippen molar-refractivity contribution in [3.63, 3.8) is 0 Å². The first-order chi connectivity index (χ1) is 9.47. The van der Waals surface area contributed by atoms with E-state index in [1.807, 2.05) is 0 Å². The summed E-state index contributed by atoms with van der Waals surface area (Å²) in [6, 6.07) is 5.64. The first-order valence-electron chi connectivity index (χ1n) is 5.69. The van der Waals surface area contributed by atoms with E-state index in [4.69, 9.17) is 16.7 Å². The van der Waals surface area contributed by atoms with Gasteiger partial charge in [0.05, 0.1) is 0 Å². The van der Waals surface area contributed by atoms with Gasteiger partial charge in [-0.15, -0.1) is 0 Å². The van der Waals surface area contributed by atoms with Crippen LogP contribution in [0.2, 0.25) is 5.02 Å². The van der Waals surface area contributed by atoms with Gasteiger partial charge in [-0.05, 0) is 18.2 Å². The Kier molecular flexibility index (Phi) is 4.51. The second-order valence-corrected chi connectivity index (χ2v) is 5.52. The molecule has 6 nitrogen and oxygen atoms in total. The molecule has 106 valence electrons. The largest absolute Gasteiger partial charge is 0.480 e. The second kappa shape index (κ2) is 6.15. The maximum Gasteiger partial charge on any atom is 0.323 e. The number of benzene rings is 1. The zero-order valence-electron chi connectivity index (χ0n) is 10.2. The molecule has 0 aromatic heterocycles. The quantitative estimate of drug-likeness (QED) is 0.881. The van der Waals surface area contributed by atoms with Gasteiger partial charge < -0.3 is 10.4 Å². The van der Waals surface area contributed by atoms with Crippen LogP contribution in [0.25, 0.3) is 0 Å². The van der Waals surface area contributed by atoms with Gasteiger partial charge in [0, 0.05) is 16.5 Å². The third kappa shape index (κ3) is 3.43. The molecule has 0 bridgehead atoms. The number of carboxylic acid groups (broad SMARTS) is 1. The van der Waals surface area contributed by atoms with Crippen molar-refractivity contribution in [1.82, 2.24) is 5.32 Å². The lowest BCUT2D eigenvalue weighted by atomic mass is 10.2. The summed E-state index contributed by atoms with van der Waals surface area (Å²) in [6.45, 7) is -0.490. The van der Waals surface area contributed by atoms with Crippen molar-refractivity contribution < 1.29 is 19.5 Å². The van der Waals surface area contributed by atoms with E-state index >= 15 is 0 Å². The second-order valence-electron chi connectivity index (χ2n) is 4.09. The molecule has 2 rings (SSSR count). The SMILES string of the molecule is O=C(O)CN(C(=O)C1CSC(=O)N1)c1cccc(Cl)c1. The molecular weight excluding hydrogens is 304 g/mol. The fourth-order valence-corrected chi connectivity index (χ4v) is 2.74. The summed E-state index contributed by atoms with van der Waals surface area (Å²) in [5.74, 6) is -1.32. The third-order valence-corrected chi connectivity index (χ3v) is 3.77. The van der Waals surface area contributed by atoms with Crippen LogP contribution in [-0.2, 0) is 9.59 Å². The molecule has 1 atom stereocenters. The Morgan fingerprint density at radius 3 is 2.80 bits per heavy atom. The van der Waals surface area contributed by atoms with Crippen molar-refractivity contribution in [2.75, 3.05) is 17.2 Å². The molecular formula is C12H11ClN2O4S. The summed E-state index contributed by atoms with van der Waals surface area (Å²) >= 11 is 6.85. The van der Waals surface area contributed by atoms with Gasteiger partial charge >= 0.3 is 5.97 Å². The summed E-state index contributed by atoms with van der Waals surface area (Å²) in [5, 5.41) is 11.5. The highest BCUT2D eigenvalue weighted by Gasteiger charge is 2.33. The van der Waals surface area contributed by atoms with E-state index in [-0.39, 0.29) is 11.0 Å². The van der Waals surface area contributed by atoms with Crippen LogP contribution in [0, 0.1) is 0 Å². The Labute approximate surface area is 124 Å². The Morgan fingerprint density at radius 2 is 2.25 bits per heavy atom. The number of hydrogen-bond donors (Lipinski definition) is 2. The number of aliphatic carboxylic acids is 1. The molecule has 1 unspecified atom stereocenters. The normalized spacial score (nSPS) is 17.6.